The van der Waals surface area contributed by atoms with Crippen molar-refractivity contribution in [3.63, 3.8) is 0 Å². The molecule has 3 nitrogen and oxygen atoms in total. The number of aromatic nitrogens is 1. The molecule has 20 heavy (non-hydrogen) atoms. The van der Waals surface area contributed by atoms with Gasteiger partial charge in [0.25, 0.3) is 0 Å². The summed E-state index contributed by atoms with van der Waals surface area (Å²) >= 11 is 0. The van der Waals surface area contributed by atoms with Gasteiger partial charge in [0, 0.05) is 32.2 Å². The average Bonchev–Trinajstić information content (AvgIpc) is 2.52. The van der Waals surface area contributed by atoms with E-state index < -0.39 is 0 Å². The van der Waals surface area contributed by atoms with E-state index in [1.807, 2.05) is 24.5 Å². The third-order valence-corrected chi connectivity index (χ3v) is 3.40. The summed E-state index contributed by atoms with van der Waals surface area (Å²) in [4.78, 5) is 4.05. The molecule has 0 radical (unpaired) electrons. The zero-order valence-electron chi connectivity index (χ0n) is 12.2. The van der Waals surface area contributed by atoms with Crippen LogP contribution in [0.2, 0.25) is 0 Å². The number of nitrogens with one attached hydrogen (secondary N) is 1. The molecule has 1 aromatic carbocycles. The van der Waals surface area contributed by atoms with Crippen molar-refractivity contribution >= 4 is 0 Å². The van der Waals surface area contributed by atoms with Crippen LogP contribution in [0.3, 0.4) is 0 Å². The smallest absolute Gasteiger partial charge is 0.0474 e. The number of ether oxygens (including phenoxy) is 1. The normalized spacial score (nSPS) is 12.3. The third-order valence-electron chi connectivity index (χ3n) is 3.40. The largest absolute Gasteiger partial charge is 0.385 e. The Morgan fingerprint density at radius 1 is 1.05 bits per heavy atom. The molecule has 0 aliphatic carbocycles. The van der Waals surface area contributed by atoms with Gasteiger partial charge in [-0.3, -0.25) is 4.98 Å². The van der Waals surface area contributed by atoms with Crippen LogP contribution < -0.4 is 5.32 Å². The van der Waals surface area contributed by atoms with E-state index in [-0.39, 0.29) is 0 Å². The fourth-order valence-electron chi connectivity index (χ4n) is 2.16. The topological polar surface area (TPSA) is 34.1 Å². The molecule has 1 N–H and O–H groups in total. The fraction of sp³-hybridized carbons (Fsp3) is 0.353. The van der Waals surface area contributed by atoms with Crippen molar-refractivity contribution in [2.24, 2.45) is 0 Å². The van der Waals surface area contributed by atoms with E-state index >= 15 is 0 Å². The lowest BCUT2D eigenvalue weighted by Crippen LogP contribution is -2.20. The van der Waals surface area contributed by atoms with Crippen LogP contribution in [0.15, 0.2) is 48.8 Å². The van der Waals surface area contributed by atoms with E-state index in [0.29, 0.717) is 6.04 Å². The summed E-state index contributed by atoms with van der Waals surface area (Å²) in [6.45, 7) is 3.97. The first-order valence-corrected chi connectivity index (χ1v) is 7.04. The number of nitrogens with zero attached hydrogens (tertiary/aromatic N) is 1. The molecule has 2 aromatic rings. The number of pyridine rings is 1. The second-order valence-corrected chi connectivity index (χ2v) is 4.88. The second kappa shape index (κ2) is 7.78. The first-order valence-electron chi connectivity index (χ1n) is 7.04. The van der Waals surface area contributed by atoms with Gasteiger partial charge in [0.05, 0.1) is 0 Å². The molecule has 3 heteroatoms. The quantitative estimate of drug-likeness (QED) is 0.783. The zero-order valence-corrected chi connectivity index (χ0v) is 12.2. The summed E-state index contributed by atoms with van der Waals surface area (Å²) in [5.41, 5.74) is 3.73. The maximum atomic E-state index is 5.05. The molecular weight excluding hydrogens is 248 g/mol. The third kappa shape index (κ3) is 4.15. The fourth-order valence-corrected chi connectivity index (χ4v) is 2.16. The predicted molar refractivity (Wildman–Crippen MR) is 82.6 cm³/mol. The molecule has 0 saturated carbocycles. The Hall–Kier alpha value is -1.71. The summed E-state index contributed by atoms with van der Waals surface area (Å²) in [5.74, 6) is 0. The molecule has 0 aliphatic heterocycles. The first kappa shape index (κ1) is 14.7. The van der Waals surface area contributed by atoms with Gasteiger partial charge in [0.1, 0.15) is 0 Å². The molecule has 1 aromatic heterocycles. The van der Waals surface area contributed by atoms with Crippen molar-refractivity contribution in [2.45, 2.75) is 19.4 Å². The summed E-state index contributed by atoms with van der Waals surface area (Å²) in [7, 11) is 1.74. The minimum atomic E-state index is 0.360. The molecule has 0 saturated heterocycles. The molecule has 0 bridgehead atoms. The molecule has 1 unspecified atom stereocenters. The van der Waals surface area contributed by atoms with Gasteiger partial charge in [-0.15, -0.1) is 0 Å². The van der Waals surface area contributed by atoms with Crippen LogP contribution in [0, 0.1) is 0 Å². The maximum absolute atomic E-state index is 5.05. The van der Waals surface area contributed by atoms with Gasteiger partial charge < -0.3 is 10.1 Å². The molecule has 0 aliphatic rings. The van der Waals surface area contributed by atoms with Crippen molar-refractivity contribution in [3.8, 4) is 11.1 Å². The summed E-state index contributed by atoms with van der Waals surface area (Å²) in [6.07, 6.45) is 4.68. The van der Waals surface area contributed by atoms with Gasteiger partial charge in [-0.1, -0.05) is 24.3 Å². The van der Waals surface area contributed by atoms with Crippen molar-refractivity contribution in [1.29, 1.82) is 0 Å². The van der Waals surface area contributed by atoms with Gasteiger partial charge in [0.15, 0.2) is 0 Å². The van der Waals surface area contributed by atoms with E-state index in [1.54, 1.807) is 7.11 Å². The molecular formula is C17H22N2O. The Bertz CT molecular complexity index is 496. The number of hydrogen-bond donors (Lipinski definition) is 1. The number of rotatable bonds is 7. The molecule has 106 valence electrons. The molecule has 0 spiro atoms. The Balaban J connectivity index is 1.94. The molecule has 1 atom stereocenters. The van der Waals surface area contributed by atoms with Crippen LogP contribution in [-0.4, -0.2) is 25.2 Å². The highest BCUT2D eigenvalue weighted by atomic mass is 16.5. The van der Waals surface area contributed by atoms with Crippen LogP contribution in [-0.2, 0) is 4.74 Å². The standard InChI is InChI=1S/C17H22N2O/c1-14(19-10-3-13-20-2)15-4-6-16(7-5-15)17-8-11-18-12-9-17/h4-9,11-12,14,19H,3,10,13H2,1-2H3. The predicted octanol–water partition coefficient (Wildman–Crippen LogP) is 3.44. The van der Waals surface area contributed by atoms with Crippen LogP contribution in [0.4, 0.5) is 0 Å². The highest BCUT2D eigenvalue weighted by molar-refractivity contribution is 5.62. The lowest BCUT2D eigenvalue weighted by Gasteiger charge is -2.14. The Labute approximate surface area is 121 Å². The van der Waals surface area contributed by atoms with Gasteiger partial charge in [-0.25, -0.2) is 0 Å². The lowest BCUT2D eigenvalue weighted by molar-refractivity contribution is 0.193. The van der Waals surface area contributed by atoms with E-state index in [4.69, 9.17) is 4.74 Å². The van der Waals surface area contributed by atoms with Gasteiger partial charge in [-0.05, 0) is 48.7 Å². The van der Waals surface area contributed by atoms with E-state index in [2.05, 4.69) is 41.5 Å². The van der Waals surface area contributed by atoms with Crippen LogP contribution in [0.1, 0.15) is 24.9 Å². The Morgan fingerprint density at radius 2 is 1.70 bits per heavy atom. The lowest BCUT2D eigenvalue weighted by atomic mass is 10.0. The molecule has 0 fully saturated rings. The van der Waals surface area contributed by atoms with E-state index in [1.165, 1.54) is 16.7 Å². The first-order chi connectivity index (χ1) is 9.81. The number of methoxy groups -OCH3 is 1. The molecule has 1 heterocycles. The number of benzene rings is 1. The van der Waals surface area contributed by atoms with Crippen LogP contribution in [0.5, 0.6) is 0 Å². The average molecular weight is 270 g/mol. The van der Waals surface area contributed by atoms with Gasteiger partial charge in [0.2, 0.25) is 0 Å². The Morgan fingerprint density at radius 3 is 2.35 bits per heavy atom. The van der Waals surface area contributed by atoms with Crippen LogP contribution in [0.25, 0.3) is 11.1 Å². The van der Waals surface area contributed by atoms with Gasteiger partial charge in [-0.2, -0.15) is 0 Å². The van der Waals surface area contributed by atoms with Crippen molar-refractivity contribution < 1.29 is 4.74 Å². The van der Waals surface area contributed by atoms with Crippen molar-refractivity contribution in [2.75, 3.05) is 20.3 Å². The SMILES string of the molecule is COCCCNC(C)c1ccc(-c2ccncc2)cc1. The summed E-state index contributed by atoms with van der Waals surface area (Å²) < 4.78 is 5.05. The minimum Gasteiger partial charge on any atom is -0.385 e. The van der Waals surface area contributed by atoms with E-state index in [9.17, 15) is 0 Å². The highest BCUT2D eigenvalue weighted by Crippen LogP contribution is 2.21. The molecule has 0 amide bonds. The van der Waals surface area contributed by atoms with Crippen LogP contribution >= 0.6 is 0 Å². The summed E-state index contributed by atoms with van der Waals surface area (Å²) in [5, 5.41) is 3.50. The van der Waals surface area contributed by atoms with Crippen molar-refractivity contribution in [3.05, 3.63) is 54.4 Å². The zero-order chi connectivity index (χ0) is 14.2. The minimum absolute atomic E-state index is 0.360. The maximum Gasteiger partial charge on any atom is 0.0474 e. The molecule has 2 rings (SSSR count). The summed E-state index contributed by atoms with van der Waals surface area (Å²) in [6, 6.07) is 13.1. The monoisotopic (exact) mass is 270 g/mol. The van der Waals surface area contributed by atoms with Gasteiger partial charge >= 0.3 is 0 Å². The second-order valence-electron chi connectivity index (χ2n) is 4.88. The Kier molecular flexibility index (Phi) is 5.71. The van der Waals surface area contributed by atoms with Crippen molar-refractivity contribution in [1.82, 2.24) is 10.3 Å². The highest BCUT2D eigenvalue weighted by Gasteiger charge is 2.04. The van der Waals surface area contributed by atoms with E-state index in [0.717, 1.165) is 19.6 Å². The number of hydrogen-bond acceptors (Lipinski definition) is 3.